The molecule has 1 aliphatic heterocycles. The highest BCUT2D eigenvalue weighted by Gasteiger charge is 2.26. The van der Waals surface area contributed by atoms with Crippen LogP contribution in [0.25, 0.3) is 11.2 Å². The van der Waals surface area contributed by atoms with Crippen molar-refractivity contribution >= 4 is 38.7 Å². The lowest BCUT2D eigenvalue weighted by Crippen LogP contribution is -2.28. The van der Waals surface area contributed by atoms with Crippen molar-refractivity contribution in [2.24, 2.45) is 5.92 Å². The van der Waals surface area contributed by atoms with Gasteiger partial charge >= 0.3 is 0 Å². The molecule has 2 aromatic rings. The third-order valence-corrected chi connectivity index (χ3v) is 4.91. The molecule has 0 spiro atoms. The molecule has 2 aromatic heterocycles. The van der Waals surface area contributed by atoms with Crippen LogP contribution in [-0.2, 0) is 12.4 Å². The van der Waals surface area contributed by atoms with E-state index in [2.05, 4.69) is 49.2 Å². The second-order valence-electron chi connectivity index (χ2n) is 6.01. The van der Waals surface area contributed by atoms with Gasteiger partial charge in [-0.05, 0) is 54.7 Å². The third kappa shape index (κ3) is 3.10. The van der Waals surface area contributed by atoms with Crippen LogP contribution < -0.4 is 0 Å². The summed E-state index contributed by atoms with van der Waals surface area (Å²) in [7, 11) is 0. The van der Waals surface area contributed by atoms with E-state index in [1.54, 1.807) is 0 Å². The number of rotatable bonds is 4. The molecule has 6 heteroatoms. The zero-order chi connectivity index (χ0) is 15.0. The zero-order valence-electron chi connectivity index (χ0n) is 12.4. The normalized spacial score (nSPS) is 20.0. The summed E-state index contributed by atoms with van der Waals surface area (Å²) >= 11 is 9.52. The van der Waals surface area contributed by atoms with E-state index in [1.807, 2.05) is 12.3 Å². The molecule has 0 aromatic carbocycles. The third-order valence-electron chi connectivity index (χ3n) is 4.24. The first-order valence-electron chi connectivity index (χ1n) is 7.39. The maximum absolute atomic E-state index is 6.07. The highest BCUT2D eigenvalue weighted by Crippen LogP contribution is 2.25. The number of pyridine rings is 1. The molecule has 1 unspecified atom stereocenters. The average Bonchev–Trinajstić information content (AvgIpc) is 3.04. The summed E-state index contributed by atoms with van der Waals surface area (Å²) in [5.74, 6) is 1.99. The molecule has 1 saturated heterocycles. The van der Waals surface area contributed by atoms with E-state index in [-0.39, 0.29) is 0 Å². The molecule has 0 saturated carbocycles. The van der Waals surface area contributed by atoms with Gasteiger partial charge in [-0.25, -0.2) is 9.97 Å². The van der Waals surface area contributed by atoms with Crippen LogP contribution in [0.4, 0.5) is 0 Å². The number of hydrogen-bond donors (Lipinski definition) is 0. The number of nitrogens with zero attached hydrogens (tertiary/aromatic N) is 4. The van der Waals surface area contributed by atoms with Crippen LogP contribution >= 0.6 is 27.5 Å². The van der Waals surface area contributed by atoms with Gasteiger partial charge in [-0.1, -0.05) is 0 Å². The monoisotopic (exact) mass is 370 g/mol. The first-order valence-corrected chi connectivity index (χ1v) is 8.72. The Labute approximate surface area is 138 Å². The Hall–Kier alpha value is -0.650. The van der Waals surface area contributed by atoms with Crippen LogP contribution in [0.3, 0.4) is 0 Å². The SMILES string of the molecule is CC(C)N1CCC(Cn2c(CCl)nc3cc(Br)cnc32)C1. The molecular formula is C15H20BrClN4. The lowest BCUT2D eigenvalue weighted by molar-refractivity contribution is 0.261. The van der Waals surface area contributed by atoms with Crippen LogP contribution in [0.15, 0.2) is 16.7 Å². The van der Waals surface area contributed by atoms with Gasteiger partial charge in [0.2, 0.25) is 0 Å². The average molecular weight is 372 g/mol. The van der Waals surface area contributed by atoms with E-state index < -0.39 is 0 Å². The van der Waals surface area contributed by atoms with E-state index in [4.69, 9.17) is 11.6 Å². The van der Waals surface area contributed by atoms with Gasteiger partial charge in [0, 0.05) is 29.8 Å². The van der Waals surface area contributed by atoms with Gasteiger partial charge in [-0.15, -0.1) is 11.6 Å². The Kier molecular flexibility index (Phi) is 4.52. The summed E-state index contributed by atoms with van der Waals surface area (Å²) in [6.45, 7) is 7.81. The molecule has 3 rings (SSSR count). The Morgan fingerprint density at radius 3 is 2.95 bits per heavy atom. The molecule has 0 amide bonds. The van der Waals surface area contributed by atoms with Crippen molar-refractivity contribution in [3.05, 3.63) is 22.6 Å². The van der Waals surface area contributed by atoms with Gasteiger partial charge in [0.25, 0.3) is 0 Å². The summed E-state index contributed by atoms with van der Waals surface area (Å²) in [5.41, 5.74) is 1.86. The molecule has 3 heterocycles. The van der Waals surface area contributed by atoms with Crippen LogP contribution in [0.1, 0.15) is 26.1 Å². The number of fused-ring (bicyclic) bond motifs is 1. The van der Waals surface area contributed by atoms with Crippen molar-refractivity contribution in [2.45, 2.75) is 38.7 Å². The topological polar surface area (TPSA) is 34.0 Å². The highest BCUT2D eigenvalue weighted by molar-refractivity contribution is 9.10. The number of alkyl halides is 1. The molecule has 21 heavy (non-hydrogen) atoms. The van der Waals surface area contributed by atoms with Crippen molar-refractivity contribution in [1.29, 1.82) is 0 Å². The van der Waals surface area contributed by atoms with Crippen LogP contribution in [-0.4, -0.2) is 38.6 Å². The Morgan fingerprint density at radius 2 is 2.29 bits per heavy atom. The molecule has 4 nitrogen and oxygen atoms in total. The van der Waals surface area contributed by atoms with Gasteiger partial charge < -0.3 is 9.47 Å². The van der Waals surface area contributed by atoms with E-state index in [1.165, 1.54) is 13.0 Å². The van der Waals surface area contributed by atoms with Crippen molar-refractivity contribution in [2.75, 3.05) is 13.1 Å². The largest absolute Gasteiger partial charge is 0.311 e. The van der Waals surface area contributed by atoms with Gasteiger partial charge in [0.05, 0.1) is 5.88 Å². The predicted molar refractivity (Wildman–Crippen MR) is 89.6 cm³/mol. The summed E-state index contributed by atoms with van der Waals surface area (Å²) in [6.07, 6.45) is 3.06. The van der Waals surface area contributed by atoms with E-state index in [9.17, 15) is 0 Å². The molecule has 1 aliphatic rings. The molecule has 1 fully saturated rings. The molecule has 114 valence electrons. The maximum Gasteiger partial charge on any atom is 0.160 e. The van der Waals surface area contributed by atoms with E-state index in [0.29, 0.717) is 17.8 Å². The van der Waals surface area contributed by atoms with Gasteiger partial charge in [0.15, 0.2) is 5.65 Å². The Morgan fingerprint density at radius 1 is 1.48 bits per heavy atom. The number of imidazole rings is 1. The van der Waals surface area contributed by atoms with Crippen LogP contribution in [0.2, 0.25) is 0 Å². The minimum absolute atomic E-state index is 0.425. The van der Waals surface area contributed by atoms with Gasteiger partial charge in [-0.2, -0.15) is 0 Å². The van der Waals surface area contributed by atoms with Crippen molar-refractivity contribution < 1.29 is 0 Å². The maximum atomic E-state index is 6.07. The summed E-state index contributed by atoms with van der Waals surface area (Å²) < 4.78 is 3.15. The smallest absolute Gasteiger partial charge is 0.160 e. The number of hydrogen-bond acceptors (Lipinski definition) is 3. The highest BCUT2D eigenvalue weighted by atomic mass is 79.9. The second kappa shape index (κ2) is 6.23. The fraction of sp³-hybridized carbons (Fsp3) is 0.600. The Balaban J connectivity index is 1.86. The van der Waals surface area contributed by atoms with Gasteiger partial charge in [-0.3, -0.25) is 0 Å². The van der Waals surface area contributed by atoms with E-state index in [0.717, 1.165) is 34.6 Å². The predicted octanol–water partition coefficient (Wildman–Crippen LogP) is 3.66. The fourth-order valence-electron chi connectivity index (χ4n) is 3.07. The molecular weight excluding hydrogens is 352 g/mol. The van der Waals surface area contributed by atoms with Crippen molar-refractivity contribution in [3.63, 3.8) is 0 Å². The minimum atomic E-state index is 0.425. The summed E-state index contributed by atoms with van der Waals surface area (Å²) in [4.78, 5) is 11.7. The summed E-state index contributed by atoms with van der Waals surface area (Å²) in [6, 6.07) is 2.63. The summed E-state index contributed by atoms with van der Waals surface area (Å²) in [5, 5.41) is 0. The van der Waals surface area contributed by atoms with Gasteiger partial charge in [0.1, 0.15) is 11.3 Å². The number of aromatic nitrogens is 3. The van der Waals surface area contributed by atoms with Crippen molar-refractivity contribution in [3.8, 4) is 0 Å². The van der Waals surface area contributed by atoms with E-state index >= 15 is 0 Å². The molecule has 0 N–H and O–H groups in total. The number of halogens is 2. The first-order chi connectivity index (χ1) is 10.1. The minimum Gasteiger partial charge on any atom is -0.311 e. The molecule has 0 bridgehead atoms. The molecule has 0 radical (unpaired) electrons. The zero-order valence-corrected chi connectivity index (χ0v) is 14.7. The fourth-order valence-corrected chi connectivity index (χ4v) is 3.59. The van der Waals surface area contributed by atoms with Crippen LogP contribution in [0, 0.1) is 5.92 Å². The quantitative estimate of drug-likeness (QED) is 0.769. The number of likely N-dealkylation sites (tertiary alicyclic amines) is 1. The second-order valence-corrected chi connectivity index (χ2v) is 7.19. The first kappa shape index (κ1) is 15.3. The molecule has 1 atom stereocenters. The molecule has 0 aliphatic carbocycles. The Bertz CT molecular complexity index is 640. The lowest BCUT2D eigenvalue weighted by Gasteiger charge is -2.20. The lowest BCUT2D eigenvalue weighted by atomic mass is 10.1. The van der Waals surface area contributed by atoms with Crippen molar-refractivity contribution in [1.82, 2.24) is 19.4 Å². The van der Waals surface area contributed by atoms with Crippen LogP contribution in [0.5, 0.6) is 0 Å². The standard InChI is InChI=1S/C15H20BrClN4/c1-10(2)20-4-3-11(8-20)9-21-14(6-17)19-13-5-12(16)7-18-15(13)21/h5,7,10-11H,3-4,6,8-9H2,1-2H3.